The van der Waals surface area contributed by atoms with E-state index in [0.717, 1.165) is 11.3 Å². The number of nitrogens with zero attached hydrogens (tertiary/aromatic N) is 2. The van der Waals surface area contributed by atoms with E-state index < -0.39 is 0 Å². The number of benzene rings is 2. The lowest BCUT2D eigenvalue weighted by Crippen LogP contribution is -2.50. The maximum absolute atomic E-state index is 12.5. The van der Waals surface area contributed by atoms with Crippen molar-refractivity contribution in [3.05, 3.63) is 64.7 Å². The minimum Gasteiger partial charge on any atom is -0.497 e. The molecule has 0 aromatic heterocycles. The monoisotopic (exact) mass is 386 g/mol. The Hall–Kier alpha value is -2.53. The number of piperazine rings is 1. The summed E-state index contributed by atoms with van der Waals surface area (Å²) in [5.74, 6) is 0.924. The molecule has 5 nitrogen and oxygen atoms in total. The Bertz CT molecular complexity index is 782. The molecule has 1 fully saturated rings. The van der Waals surface area contributed by atoms with Gasteiger partial charge in [0.25, 0.3) is 5.91 Å². The molecule has 142 valence electrons. The molecule has 6 heteroatoms. The molecule has 0 N–H and O–H groups in total. The SMILES string of the molecule is COc1ccc(CCC(=O)N2CCN(C(=O)c3ccc(Cl)cc3)CC2)cc1. The summed E-state index contributed by atoms with van der Waals surface area (Å²) in [6, 6.07) is 14.7. The lowest BCUT2D eigenvalue weighted by atomic mass is 10.1. The smallest absolute Gasteiger partial charge is 0.253 e. The molecule has 0 radical (unpaired) electrons. The number of hydrogen-bond acceptors (Lipinski definition) is 3. The van der Waals surface area contributed by atoms with Gasteiger partial charge in [-0.15, -0.1) is 0 Å². The van der Waals surface area contributed by atoms with Gasteiger partial charge >= 0.3 is 0 Å². The predicted octanol–water partition coefficient (Wildman–Crippen LogP) is 3.27. The number of hydrogen-bond donors (Lipinski definition) is 0. The molecule has 2 amide bonds. The van der Waals surface area contributed by atoms with Gasteiger partial charge in [-0.05, 0) is 48.4 Å². The zero-order chi connectivity index (χ0) is 19.2. The molecule has 27 heavy (non-hydrogen) atoms. The van der Waals surface area contributed by atoms with E-state index in [1.54, 1.807) is 36.3 Å². The Balaban J connectivity index is 1.47. The van der Waals surface area contributed by atoms with Gasteiger partial charge in [-0.25, -0.2) is 0 Å². The van der Waals surface area contributed by atoms with Gasteiger partial charge in [0.05, 0.1) is 7.11 Å². The highest BCUT2D eigenvalue weighted by Gasteiger charge is 2.24. The highest BCUT2D eigenvalue weighted by atomic mass is 35.5. The average molecular weight is 387 g/mol. The number of amides is 2. The van der Waals surface area contributed by atoms with Crippen LogP contribution < -0.4 is 4.74 Å². The fourth-order valence-corrected chi connectivity index (χ4v) is 3.26. The van der Waals surface area contributed by atoms with Crippen molar-refractivity contribution in [2.24, 2.45) is 0 Å². The Morgan fingerprint density at radius 2 is 1.52 bits per heavy atom. The Labute approximate surface area is 164 Å². The molecular formula is C21H23ClN2O3. The van der Waals surface area contributed by atoms with Crippen molar-refractivity contribution in [1.82, 2.24) is 9.80 Å². The maximum Gasteiger partial charge on any atom is 0.253 e. The van der Waals surface area contributed by atoms with E-state index in [-0.39, 0.29) is 11.8 Å². The Morgan fingerprint density at radius 1 is 0.926 bits per heavy atom. The molecule has 1 aliphatic heterocycles. The number of carbonyl (C=O) groups excluding carboxylic acids is 2. The van der Waals surface area contributed by atoms with Gasteiger partial charge in [0.2, 0.25) is 5.91 Å². The number of ether oxygens (including phenoxy) is 1. The standard InChI is InChI=1S/C21H23ClN2O3/c1-27-19-9-2-16(3-10-19)4-11-20(25)23-12-14-24(15-13-23)21(26)17-5-7-18(22)8-6-17/h2-3,5-10H,4,11-15H2,1H3. The molecule has 1 heterocycles. The second kappa shape index (κ2) is 8.91. The molecule has 0 unspecified atom stereocenters. The van der Waals surface area contributed by atoms with E-state index in [2.05, 4.69) is 0 Å². The fraction of sp³-hybridized carbons (Fsp3) is 0.333. The molecule has 2 aromatic carbocycles. The first-order chi connectivity index (χ1) is 13.1. The van der Waals surface area contributed by atoms with Crippen molar-refractivity contribution in [2.75, 3.05) is 33.3 Å². The van der Waals surface area contributed by atoms with Crippen molar-refractivity contribution < 1.29 is 14.3 Å². The predicted molar refractivity (Wildman–Crippen MR) is 105 cm³/mol. The maximum atomic E-state index is 12.5. The number of aryl methyl sites for hydroxylation is 1. The summed E-state index contributed by atoms with van der Waals surface area (Å²) in [4.78, 5) is 28.6. The quantitative estimate of drug-likeness (QED) is 0.792. The lowest BCUT2D eigenvalue weighted by Gasteiger charge is -2.35. The van der Waals surface area contributed by atoms with Crippen molar-refractivity contribution in [3.8, 4) is 5.75 Å². The normalized spacial score (nSPS) is 14.1. The number of methoxy groups -OCH3 is 1. The van der Waals surface area contributed by atoms with Crippen LogP contribution in [0, 0.1) is 0 Å². The Kier molecular flexibility index (Phi) is 6.35. The first-order valence-electron chi connectivity index (χ1n) is 9.02. The van der Waals surface area contributed by atoms with Crippen molar-refractivity contribution >= 4 is 23.4 Å². The fourth-order valence-electron chi connectivity index (χ4n) is 3.14. The summed E-state index contributed by atoms with van der Waals surface area (Å²) in [6.07, 6.45) is 1.17. The van der Waals surface area contributed by atoms with Crippen LogP contribution in [0.5, 0.6) is 5.75 Å². The molecule has 0 atom stereocenters. The van der Waals surface area contributed by atoms with Crippen molar-refractivity contribution in [1.29, 1.82) is 0 Å². The van der Waals surface area contributed by atoms with Gasteiger partial charge in [0.1, 0.15) is 5.75 Å². The topological polar surface area (TPSA) is 49.9 Å². The van der Waals surface area contributed by atoms with Gasteiger partial charge in [-0.2, -0.15) is 0 Å². The molecule has 2 aromatic rings. The third-order valence-electron chi connectivity index (χ3n) is 4.80. The largest absolute Gasteiger partial charge is 0.497 e. The van der Waals surface area contributed by atoms with Crippen LogP contribution in [0.4, 0.5) is 0 Å². The highest BCUT2D eigenvalue weighted by molar-refractivity contribution is 6.30. The first-order valence-corrected chi connectivity index (χ1v) is 9.40. The molecule has 0 bridgehead atoms. The molecule has 0 saturated carbocycles. The van der Waals surface area contributed by atoms with E-state index in [1.165, 1.54) is 0 Å². The van der Waals surface area contributed by atoms with E-state index in [9.17, 15) is 9.59 Å². The van der Waals surface area contributed by atoms with Crippen LogP contribution in [-0.2, 0) is 11.2 Å². The zero-order valence-electron chi connectivity index (χ0n) is 15.4. The molecule has 1 saturated heterocycles. The molecule has 0 spiro atoms. The first kappa shape index (κ1) is 19.2. The van der Waals surface area contributed by atoms with Crippen LogP contribution in [0.1, 0.15) is 22.3 Å². The lowest BCUT2D eigenvalue weighted by molar-refractivity contribution is -0.132. The molecular weight excluding hydrogens is 364 g/mol. The van der Waals surface area contributed by atoms with Crippen LogP contribution in [0.25, 0.3) is 0 Å². The second-order valence-corrected chi connectivity index (χ2v) is 6.96. The molecule has 0 aliphatic carbocycles. The number of halogens is 1. The number of carbonyl (C=O) groups is 2. The van der Waals surface area contributed by atoms with Crippen molar-refractivity contribution in [2.45, 2.75) is 12.8 Å². The van der Waals surface area contributed by atoms with Crippen LogP contribution in [0.2, 0.25) is 5.02 Å². The second-order valence-electron chi connectivity index (χ2n) is 6.53. The minimum absolute atomic E-state index is 0.0167. The summed E-state index contributed by atoms with van der Waals surface area (Å²) in [6.45, 7) is 2.24. The van der Waals surface area contributed by atoms with Crippen molar-refractivity contribution in [3.63, 3.8) is 0 Å². The molecule has 3 rings (SSSR count). The van der Waals surface area contributed by atoms with Crippen LogP contribution in [0.3, 0.4) is 0 Å². The summed E-state index contributed by atoms with van der Waals surface area (Å²) >= 11 is 5.87. The summed E-state index contributed by atoms with van der Waals surface area (Å²) in [5, 5.41) is 0.610. The summed E-state index contributed by atoms with van der Waals surface area (Å²) in [5.41, 5.74) is 1.74. The van der Waals surface area contributed by atoms with Crippen LogP contribution in [-0.4, -0.2) is 54.9 Å². The Morgan fingerprint density at radius 3 is 2.11 bits per heavy atom. The van der Waals surface area contributed by atoms with Crippen LogP contribution >= 0.6 is 11.6 Å². The third kappa shape index (κ3) is 5.01. The van der Waals surface area contributed by atoms with E-state index in [0.29, 0.717) is 49.6 Å². The van der Waals surface area contributed by atoms with Gasteiger partial charge in [0, 0.05) is 43.2 Å². The van der Waals surface area contributed by atoms with Gasteiger partial charge in [0.15, 0.2) is 0 Å². The molecule has 1 aliphatic rings. The number of rotatable bonds is 5. The van der Waals surface area contributed by atoms with Crippen LogP contribution in [0.15, 0.2) is 48.5 Å². The summed E-state index contributed by atoms with van der Waals surface area (Å²) in [7, 11) is 1.63. The van der Waals surface area contributed by atoms with Gasteiger partial charge < -0.3 is 14.5 Å². The zero-order valence-corrected chi connectivity index (χ0v) is 16.1. The van der Waals surface area contributed by atoms with Gasteiger partial charge in [-0.1, -0.05) is 23.7 Å². The highest BCUT2D eigenvalue weighted by Crippen LogP contribution is 2.15. The van der Waals surface area contributed by atoms with E-state index in [4.69, 9.17) is 16.3 Å². The van der Waals surface area contributed by atoms with E-state index in [1.807, 2.05) is 29.2 Å². The summed E-state index contributed by atoms with van der Waals surface area (Å²) < 4.78 is 5.14. The third-order valence-corrected chi connectivity index (χ3v) is 5.05. The van der Waals surface area contributed by atoms with E-state index >= 15 is 0 Å². The van der Waals surface area contributed by atoms with Gasteiger partial charge in [-0.3, -0.25) is 9.59 Å². The minimum atomic E-state index is -0.0167. The average Bonchev–Trinajstić information content (AvgIpc) is 2.72.